The number of nitrogen functional groups attached to an aromatic ring is 1. The molecule has 16 heavy (non-hydrogen) atoms. The van der Waals surface area contributed by atoms with E-state index in [1.807, 2.05) is 12.3 Å². The number of hydrogen-bond donors (Lipinski definition) is 2. The highest BCUT2D eigenvalue weighted by atomic mass is 35.5. The number of hydrogen-bond acceptors (Lipinski definition) is 5. The first-order chi connectivity index (χ1) is 7.65. The number of nitrogens with two attached hydrogens (primary N) is 1. The predicted octanol–water partition coefficient (Wildman–Crippen LogP) is 2.69. The first-order valence-corrected chi connectivity index (χ1v) is 5.97. The molecule has 0 aliphatic carbocycles. The van der Waals surface area contributed by atoms with Crippen molar-refractivity contribution in [3.05, 3.63) is 33.4 Å². The van der Waals surface area contributed by atoms with Gasteiger partial charge in [-0.25, -0.2) is 9.97 Å². The minimum absolute atomic E-state index is 0.535. The maximum absolute atomic E-state index is 5.76. The SMILES string of the molecule is Cc1csc(CNc2ncc(Cl)cc2N)n1. The second-order valence-electron chi connectivity index (χ2n) is 3.33. The van der Waals surface area contributed by atoms with Gasteiger partial charge in [0, 0.05) is 17.3 Å². The fraction of sp³-hybridized carbons (Fsp3) is 0.200. The Bertz CT molecular complexity index is 497. The van der Waals surface area contributed by atoms with Gasteiger partial charge in [0.1, 0.15) is 10.8 Å². The Morgan fingerprint density at radius 2 is 2.38 bits per heavy atom. The number of rotatable bonds is 3. The molecule has 2 aromatic rings. The van der Waals surface area contributed by atoms with E-state index in [1.165, 1.54) is 0 Å². The summed E-state index contributed by atoms with van der Waals surface area (Å²) in [5.74, 6) is 0.636. The van der Waals surface area contributed by atoms with E-state index in [2.05, 4.69) is 15.3 Å². The summed E-state index contributed by atoms with van der Waals surface area (Å²) in [4.78, 5) is 8.44. The van der Waals surface area contributed by atoms with E-state index in [9.17, 15) is 0 Å². The molecule has 0 aliphatic heterocycles. The van der Waals surface area contributed by atoms with Crippen molar-refractivity contribution in [1.29, 1.82) is 0 Å². The van der Waals surface area contributed by atoms with Crippen molar-refractivity contribution in [2.45, 2.75) is 13.5 Å². The third-order valence-electron chi connectivity index (χ3n) is 1.96. The summed E-state index contributed by atoms with van der Waals surface area (Å²) < 4.78 is 0. The summed E-state index contributed by atoms with van der Waals surface area (Å²) in [5.41, 5.74) is 7.33. The van der Waals surface area contributed by atoms with Crippen LogP contribution >= 0.6 is 22.9 Å². The molecular formula is C10H11ClN4S. The Balaban J connectivity index is 2.04. The number of halogens is 1. The van der Waals surface area contributed by atoms with Gasteiger partial charge in [-0.1, -0.05) is 11.6 Å². The van der Waals surface area contributed by atoms with Crippen LogP contribution in [0.2, 0.25) is 5.02 Å². The molecule has 6 heteroatoms. The lowest BCUT2D eigenvalue weighted by molar-refractivity contribution is 1.06. The van der Waals surface area contributed by atoms with Crippen LogP contribution in [0.5, 0.6) is 0 Å². The van der Waals surface area contributed by atoms with Crippen LogP contribution < -0.4 is 11.1 Å². The molecule has 0 aromatic carbocycles. The normalized spacial score (nSPS) is 10.4. The largest absolute Gasteiger partial charge is 0.396 e. The lowest BCUT2D eigenvalue weighted by Crippen LogP contribution is -2.04. The highest BCUT2D eigenvalue weighted by Gasteiger charge is 2.03. The van der Waals surface area contributed by atoms with Crippen molar-refractivity contribution in [2.24, 2.45) is 0 Å². The van der Waals surface area contributed by atoms with Crippen LogP contribution in [-0.2, 0) is 6.54 Å². The molecule has 0 atom stereocenters. The van der Waals surface area contributed by atoms with Gasteiger partial charge in [0.2, 0.25) is 0 Å². The van der Waals surface area contributed by atoms with Crippen LogP contribution in [0.15, 0.2) is 17.6 Å². The van der Waals surface area contributed by atoms with E-state index >= 15 is 0 Å². The van der Waals surface area contributed by atoms with E-state index in [-0.39, 0.29) is 0 Å². The van der Waals surface area contributed by atoms with Crippen LogP contribution in [0.1, 0.15) is 10.7 Å². The second kappa shape index (κ2) is 4.67. The number of pyridine rings is 1. The molecule has 0 spiro atoms. The fourth-order valence-electron chi connectivity index (χ4n) is 1.25. The molecule has 0 unspecified atom stereocenters. The van der Waals surface area contributed by atoms with Crippen molar-refractivity contribution in [3.8, 4) is 0 Å². The van der Waals surface area contributed by atoms with Crippen LogP contribution in [0, 0.1) is 6.92 Å². The van der Waals surface area contributed by atoms with Crippen LogP contribution in [0.4, 0.5) is 11.5 Å². The number of nitrogens with one attached hydrogen (secondary N) is 1. The van der Waals surface area contributed by atoms with Crippen molar-refractivity contribution < 1.29 is 0 Å². The first-order valence-electron chi connectivity index (χ1n) is 4.71. The average Bonchev–Trinajstić information content (AvgIpc) is 2.63. The highest BCUT2D eigenvalue weighted by Crippen LogP contribution is 2.20. The average molecular weight is 255 g/mol. The Morgan fingerprint density at radius 3 is 3.00 bits per heavy atom. The lowest BCUT2D eigenvalue weighted by Gasteiger charge is -2.06. The summed E-state index contributed by atoms with van der Waals surface area (Å²) in [6.45, 7) is 2.59. The smallest absolute Gasteiger partial charge is 0.149 e. The van der Waals surface area contributed by atoms with Gasteiger partial charge in [0.15, 0.2) is 0 Å². The quantitative estimate of drug-likeness (QED) is 0.884. The number of aryl methyl sites for hydroxylation is 1. The van der Waals surface area contributed by atoms with Crippen molar-refractivity contribution in [2.75, 3.05) is 11.1 Å². The van der Waals surface area contributed by atoms with Gasteiger partial charge in [0.05, 0.1) is 17.3 Å². The summed E-state index contributed by atoms with van der Waals surface area (Å²) in [5, 5.41) is 6.68. The lowest BCUT2D eigenvalue weighted by atomic mass is 10.4. The van der Waals surface area contributed by atoms with Gasteiger partial charge in [-0.2, -0.15) is 0 Å². The van der Waals surface area contributed by atoms with Gasteiger partial charge in [-0.3, -0.25) is 0 Å². The highest BCUT2D eigenvalue weighted by molar-refractivity contribution is 7.09. The Hall–Kier alpha value is -1.33. The van der Waals surface area contributed by atoms with E-state index in [1.54, 1.807) is 23.6 Å². The topological polar surface area (TPSA) is 63.8 Å². The molecule has 2 aromatic heterocycles. The van der Waals surface area contributed by atoms with E-state index in [0.29, 0.717) is 23.1 Å². The Kier molecular flexibility index (Phi) is 3.26. The molecular weight excluding hydrogens is 244 g/mol. The number of nitrogens with zero attached hydrogens (tertiary/aromatic N) is 2. The summed E-state index contributed by atoms with van der Waals surface area (Å²) >= 11 is 7.37. The summed E-state index contributed by atoms with van der Waals surface area (Å²) in [6.07, 6.45) is 1.56. The molecule has 0 radical (unpaired) electrons. The van der Waals surface area contributed by atoms with Crippen molar-refractivity contribution in [1.82, 2.24) is 9.97 Å². The number of aromatic nitrogens is 2. The van der Waals surface area contributed by atoms with E-state index in [4.69, 9.17) is 17.3 Å². The zero-order chi connectivity index (χ0) is 11.5. The molecule has 2 heterocycles. The third kappa shape index (κ3) is 2.62. The molecule has 0 bridgehead atoms. The van der Waals surface area contributed by atoms with Gasteiger partial charge in [0.25, 0.3) is 0 Å². The number of anilines is 2. The molecule has 0 fully saturated rings. The molecule has 0 saturated heterocycles. The maximum atomic E-state index is 5.76. The minimum atomic E-state index is 0.535. The van der Waals surface area contributed by atoms with Gasteiger partial charge in [-0.15, -0.1) is 11.3 Å². The zero-order valence-corrected chi connectivity index (χ0v) is 10.3. The standard InChI is InChI=1S/C10H11ClN4S/c1-6-5-16-9(15-6)4-14-10-8(12)2-7(11)3-13-10/h2-3,5H,4,12H2,1H3,(H,13,14). The van der Waals surface area contributed by atoms with Gasteiger partial charge in [-0.05, 0) is 13.0 Å². The Morgan fingerprint density at radius 1 is 1.56 bits per heavy atom. The molecule has 0 saturated carbocycles. The van der Waals surface area contributed by atoms with Gasteiger partial charge >= 0.3 is 0 Å². The fourth-order valence-corrected chi connectivity index (χ4v) is 2.12. The Labute approximate surface area is 102 Å². The molecule has 0 aliphatic rings. The zero-order valence-electron chi connectivity index (χ0n) is 8.70. The molecule has 84 valence electrons. The minimum Gasteiger partial charge on any atom is -0.396 e. The monoisotopic (exact) mass is 254 g/mol. The summed E-state index contributed by atoms with van der Waals surface area (Å²) in [6, 6.07) is 1.67. The molecule has 2 rings (SSSR count). The van der Waals surface area contributed by atoms with Crippen LogP contribution in [-0.4, -0.2) is 9.97 Å². The molecule has 4 nitrogen and oxygen atoms in total. The number of thiazole rings is 1. The van der Waals surface area contributed by atoms with Crippen LogP contribution in [0.3, 0.4) is 0 Å². The molecule has 0 amide bonds. The second-order valence-corrected chi connectivity index (χ2v) is 4.71. The predicted molar refractivity (Wildman–Crippen MR) is 67.8 cm³/mol. The van der Waals surface area contributed by atoms with Crippen molar-refractivity contribution >= 4 is 34.4 Å². The third-order valence-corrected chi connectivity index (χ3v) is 3.13. The van der Waals surface area contributed by atoms with E-state index < -0.39 is 0 Å². The van der Waals surface area contributed by atoms with Gasteiger partial charge < -0.3 is 11.1 Å². The molecule has 3 N–H and O–H groups in total. The van der Waals surface area contributed by atoms with Crippen molar-refractivity contribution in [3.63, 3.8) is 0 Å². The van der Waals surface area contributed by atoms with Crippen LogP contribution in [0.25, 0.3) is 0 Å². The van der Waals surface area contributed by atoms with E-state index in [0.717, 1.165) is 10.7 Å². The first kappa shape index (κ1) is 11.2. The summed E-state index contributed by atoms with van der Waals surface area (Å²) in [7, 11) is 0. The maximum Gasteiger partial charge on any atom is 0.149 e.